The summed E-state index contributed by atoms with van der Waals surface area (Å²) in [5, 5.41) is 13.9. The fourth-order valence-corrected chi connectivity index (χ4v) is 4.39. The Morgan fingerprint density at radius 2 is 2.12 bits per heavy atom. The van der Waals surface area contributed by atoms with Gasteiger partial charge in [0.2, 0.25) is 5.91 Å². The minimum atomic E-state index is -1.30. The van der Waals surface area contributed by atoms with Crippen LogP contribution >= 0.6 is 0 Å². The van der Waals surface area contributed by atoms with Crippen LogP contribution in [0.1, 0.15) is 38.3 Å². The third-order valence-corrected chi connectivity index (χ3v) is 7.02. The molecule has 2 saturated heterocycles. The van der Waals surface area contributed by atoms with Gasteiger partial charge >= 0.3 is 0 Å². The van der Waals surface area contributed by atoms with Crippen LogP contribution in [0.25, 0.3) is 0 Å². The van der Waals surface area contributed by atoms with Gasteiger partial charge in [0.15, 0.2) is 10.6 Å². The van der Waals surface area contributed by atoms with Crippen LogP contribution in [0, 0.1) is 17.1 Å². The number of carbonyl (C=O) groups is 1. The fraction of sp³-hybridized carbons (Fsp3) is 0.556. The van der Waals surface area contributed by atoms with E-state index in [1.54, 1.807) is 19.9 Å². The molecule has 2 atom stereocenters. The first-order valence-corrected chi connectivity index (χ1v) is 10.0. The summed E-state index contributed by atoms with van der Waals surface area (Å²) in [6, 6.07) is 3.82. The van der Waals surface area contributed by atoms with E-state index in [2.05, 4.69) is 10.6 Å². The van der Waals surface area contributed by atoms with Crippen molar-refractivity contribution in [1.29, 1.82) is 5.41 Å². The van der Waals surface area contributed by atoms with Crippen LogP contribution in [0.3, 0.4) is 0 Å². The molecule has 2 unspecified atom stereocenters. The van der Waals surface area contributed by atoms with E-state index in [9.17, 15) is 13.7 Å². The highest BCUT2D eigenvalue weighted by Crippen LogP contribution is 2.32. The Morgan fingerprint density at radius 3 is 2.77 bits per heavy atom. The first-order valence-electron chi connectivity index (χ1n) is 8.71. The van der Waals surface area contributed by atoms with Crippen LogP contribution in [0.15, 0.2) is 18.2 Å². The van der Waals surface area contributed by atoms with E-state index in [4.69, 9.17) is 10.1 Å². The largest absolute Gasteiger partial charge is 0.616 e. The molecule has 0 radical (unpaired) electrons. The summed E-state index contributed by atoms with van der Waals surface area (Å²) in [5.41, 5.74) is 0.810. The van der Waals surface area contributed by atoms with Crippen molar-refractivity contribution in [3.05, 3.63) is 29.6 Å². The first-order chi connectivity index (χ1) is 12.3. The molecule has 26 heavy (non-hydrogen) atoms. The molecule has 3 N–H and O–H groups in total. The topological polar surface area (TPSA) is 97.3 Å². The van der Waals surface area contributed by atoms with Crippen molar-refractivity contribution in [3.63, 3.8) is 0 Å². The van der Waals surface area contributed by atoms with E-state index >= 15 is 0 Å². The number of amidine groups is 1. The molecular formula is C18H24FN3O3S. The predicted molar refractivity (Wildman–Crippen MR) is 99.3 cm³/mol. The molecule has 2 aliphatic rings. The molecule has 0 aliphatic carbocycles. The molecule has 1 aromatic carbocycles. The molecule has 1 amide bonds. The van der Waals surface area contributed by atoms with E-state index in [0.717, 1.165) is 0 Å². The second kappa shape index (κ2) is 7.54. The molecule has 0 bridgehead atoms. The minimum absolute atomic E-state index is 0.0973. The van der Waals surface area contributed by atoms with Crippen molar-refractivity contribution < 1.29 is 18.5 Å². The van der Waals surface area contributed by atoms with E-state index < -0.39 is 27.8 Å². The smallest absolute Gasteiger partial charge is 0.227 e. The van der Waals surface area contributed by atoms with Crippen molar-refractivity contribution in [2.45, 2.75) is 37.5 Å². The third kappa shape index (κ3) is 3.87. The molecule has 8 heteroatoms. The lowest BCUT2D eigenvalue weighted by atomic mass is 9.99. The van der Waals surface area contributed by atoms with Crippen LogP contribution in [0.2, 0.25) is 0 Å². The predicted octanol–water partition coefficient (Wildman–Crippen LogP) is 2.34. The molecule has 1 aromatic rings. The van der Waals surface area contributed by atoms with Crippen LogP contribution < -0.4 is 10.6 Å². The Morgan fingerprint density at radius 1 is 1.42 bits per heavy atom. The number of hydrogen-bond donors (Lipinski definition) is 3. The number of ether oxygens (including phenoxy) is 1. The number of halogens is 1. The second-order valence-corrected chi connectivity index (χ2v) is 9.25. The van der Waals surface area contributed by atoms with Gasteiger partial charge in [-0.3, -0.25) is 10.2 Å². The number of carbonyl (C=O) groups excluding carboxylic acids is 1. The molecule has 3 rings (SSSR count). The van der Waals surface area contributed by atoms with Gasteiger partial charge in [0.1, 0.15) is 17.6 Å². The molecule has 6 nitrogen and oxygen atoms in total. The molecule has 2 fully saturated rings. The van der Waals surface area contributed by atoms with Crippen molar-refractivity contribution in [2.75, 3.05) is 24.3 Å². The molecule has 2 aliphatic heterocycles. The van der Waals surface area contributed by atoms with Gasteiger partial charge in [-0.05, 0) is 56.1 Å². The number of nitrogens with one attached hydrogen (secondary N) is 3. The van der Waals surface area contributed by atoms with Gasteiger partial charge < -0.3 is 19.9 Å². The van der Waals surface area contributed by atoms with Crippen LogP contribution in [0.4, 0.5) is 10.1 Å². The Labute approximate surface area is 155 Å². The van der Waals surface area contributed by atoms with Crippen molar-refractivity contribution in [3.8, 4) is 0 Å². The monoisotopic (exact) mass is 381 g/mol. The highest BCUT2D eigenvalue weighted by Gasteiger charge is 2.44. The van der Waals surface area contributed by atoms with E-state index in [1.807, 2.05) is 0 Å². The number of anilines is 1. The average Bonchev–Trinajstić information content (AvgIpc) is 2.62. The summed E-state index contributed by atoms with van der Waals surface area (Å²) in [7, 11) is 0. The maximum absolute atomic E-state index is 14.4. The van der Waals surface area contributed by atoms with Crippen LogP contribution in [-0.2, 0) is 20.7 Å². The summed E-state index contributed by atoms with van der Waals surface area (Å²) in [6.45, 7) is 4.61. The number of amides is 1. The first kappa shape index (κ1) is 19.1. The summed E-state index contributed by atoms with van der Waals surface area (Å²) >= 11 is -1.30. The van der Waals surface area contributed by atoms with E-state index in [1.165, 1.54) is 12.1 Å². The zero-order valence-corrected chi connectivity index (χ0v) is 15.7. The maximum Gasteiger partial charge on any atom is 0.227 e. The van der Waals surface area contributed by atoms with E-state index in [0.29, 0.717) is 37.3 Å². The lowest BCUT2D eigenvalue weighted by Gasteiger charge is -2.38. The highest BCUT2D eigenvalue weighted by molar-refractivity contribution is 7.93. The van der Waals surface area contributed by atoms with Gasteiger partial charge in [-0.15, -0.1) is 0 Å². The van der Waals surface area contributed by atoms with Crippen molar-refractivity contribution >= 4 is 28.6 Å². The Bertz CT molecular complexity index is 707. The Balaban J connectivity index is 1.75. The fourth-order valence-electron chi connectivity index (χ4n) is 3.12. The highest BCUT2D eigenvalue weighted by atomic mass is 32.2. The van der Waals surface area contributed by atoms with Gasteiger partial charge in [0.05, 0.1) is 0 Å². The lowest BCUT2D eigenvalue weighted by molar-refractivity contribution is -0.122. The minimum Gasteiger partial charge on any atom is -0.616 e. The molecule has 2 heterocycles. The van der Waals surface area contributed by atoms with Gasteiger partial charge in [-0.1, -0.05) is 0 Å². The number of benzene rings is 1. The van der Waals surface area contributed by atoms with Gasteiger partial charge in [-0.2, -0.15) is 0 Å². The SMILES string of the molecule is CC1(C)C(=N)NC(c2cc(NC(=O)C3CCOCC3)ccc2F)C[S+]1[O-]. The van der Waals surface area contributed by atoms with Gasteiger partial charge in [-0.25, -0.2) is 4.39 Å². The van der Waals surface area contributed by atoms with E-state index in [-0.39, 0.29) is 23.4 Å². The third-order valence-electron chi connectivity index (χ3n) is 5.04. The quantitative estimate of drug-likeness (QED) is 0.700. The normalized spacial score (nSPS) is 26.2. The number of rotatable bonds is 3. The van der Waals surface area contributed by atoms with Crippen molar-refractivity contribution in [2.24, 2.45) is 5.92 Å². The molecule has 0 aromatic heterocycles. The maximum atomic E-state index is 14.4. The molecular weight excluding hydrogens is 357 g/mol. The summed E-state index contributed by atoms with van der Waals surface area (Å²) < 4.78 is 31.3. The molecule has 142 valence electrons. The van der Waals surface area contributed by atoms with Crippen LogP contribution in [0.5, 0.6) is 0 Å². The molecule has 0 saturated carbocycles. The Kier molecular flexibility index (Phi) is 5.55. The number of hydrogen-bond acceptors (Lipinski definition) is 4. The summed E-state index contributed by atoms with van der Waals surface area (Å²) in [6.07, 6.45) is 1.35. The van der Waals surface area contributed by atoms with Gasteiger partial charge in [0, 0.05) is 30.4 Å². The second-order valence-electron chi connectivity index (χ2n) is 7.21. The molecule has 0 spiro atoms. The standard InChI is InChI=1S/C18H24FN3O3S/c1-18(2)17(20)22-15(10-26(18)24)13-9-12(3-4-14(13)19)21-16(23)11-5-7-25-8-6-11/h3-4,9,11,15H,5-8,10H2,1-2H3,(H2,20,22)(H,21,23). The average molecular weight is 381 g/mol. The van der Waals surface area contributed by atoms with Gasteiger partial charge in [0.25, 0.3) is 0 Å². The Hall–Kier alpha value is -1.64. The zero-order chi connectivity index (χ0) is 18.9. The van der Waals surface area contributed by atoms with Crippen molar-refractivity contribution in [1.82, 2.24) is 5.32 Å². The lowest BCUT2D eigenvalue weighted by Crippen LogP contribution is -2.56. The summed E-state index contributed by atoms with van der Waals surface area (Å²) in [4.78, 5) is 12.4. The van der Waals surface area contributed by atoms with Crippen LogP contribution in [-0.4, -0.2) is 40.0 Å². The summed E-state index contributed by atoms with van der Waals surface area (Å²) in [5.74, 6) is -0.311. The zero-order valence-electron chi connectivity index (χ0n) is 14.9.